The Labute approximate surface area is 136 Å². The molecule has 130 valence electrons. The lowest BCUT2D eigenvalue weighted by Crippen LogP contribution is -2.30. The van der Waals surface area contributed by atoms with Crippen LogP contribution in [0.25, 0.3) is 0 Å². The van der Waals surface area contributed by atoms with Crippen molar-refractivity contribution in [3.05, 3.63) is 44.0 Å². The Hall–Kier alpha value is -2.60. The summed E-state index contributed by atoms with van der Waals surface area (Å²) in [6.07, 6.45) is 0.453. The van der Waals surface area contributed by atoms with Gasteiger partial charge in [-0.3, -0.25) is 29.2 Å². The van der Waals surface area contributed by atoms with Gasteiger partial charge >= 0.3 is 0 Å². The predicted octanol–water partition coefficient (Wildman–Crippen LogP) is 0.694. The minimum atomic E-state index is -3.67. The van der Waals surface area contributed by atoms with Gasteiger partial charge < -0.3 is 4.90 Å². The van der Waals surface area contributed by atoms with Crippen LogP contribution in [-0.2, 0) is 14.3 Å². The molecule has 24 heavy (non-hydrogen) atoms. The van der Waals surface area contributed by atoms with E-state index in [1.165, 1.54) is 4.90 Å². The standard InChI is InChI=1S/C12H13N3O8S/c1-24(21,22)23-11-2-3-13(7-11)12(16)8-4-9(14(17)18)6-10(5-8)15(19)20/h4-6,11H,2-3,7H2,1H3/t11-/m1/s1. The third-order valence-corrected chi connectivity index (χ3v) is 3.94. The highest BCUT2D eigenvalue weighted by atomic mass is 32.2. The lowest BCUT2D eigenvalue weighted by molar-refractivity contribution is -0.394. The molecule has 1 aromatic carbocycles. The van der Waals surface area contributed by atoms with Crippen molar-refractivity contribution in [3.63, 3.8) is 0 Å². The van der Waals surface area contributed by atoms with E-state index in [9.17, 15) is 33.4 Å². The van der Waals surface area contributed by atoms with E-state index in [1.807, 2.05) is 0 Å². The van der Waals surface area contributed by atoms with E-state index in [-0.39, 0.29) is 25.1 Å². The van der Waals surface area contributed by atoms with Crippen LogP contribution in [0.1, 0.15) is 16.8 Å². The zero-order valence-corrected chi connectivity index (χ0v) is 13.3. The molecule has 11 nitrogen and oxygen atoms in total. The number of amides is 1. The zero-order valence-electron chi connectivity index (χ0n) is 12.4. The summed E-state index contributed by atoms with van der Waals surface area (Å²) >= 11 is 0. The van der Waals surface area contributed by atoms with Crippen molar-refractivity contribution in [1.29, 1.82) is 0 Å². The van der Waals surface area contributed by atoms with Crippen LogP contribution < -0.4 is 0 Å². The minimum absolute atomic E-state index is 0.0254. The van der Waals surface area contributed by atoms with Gasteiger partial charge in [-0.1, -0.05) is 0 Å². The summed E-state index contributed by atoms with van der Waals surface area (Å²) in [6.45, 7) is 0.151. The van der Waals surface area contributed by atoms with Crippen molar-refractivity contribution in [3.8, 4) is 0 Å². The number of hydrogen-bond donors (Lipinski definition) is 0. The number of nitro benzene ring substituents is 2. The molecule has 2 rings (SSSR count). The number of rotatable bonds is 5. The first-order chi connectivity index (χ1) is 11.1. The maximum absolute atomic E-state index is 12.4. The van der Waals surface area contributed by atoms with E-state index >= 15 is 0 Å². The summed E-state index contributed by atoms with van der Waals surface area (Å²) in [5.74, 6) is -0.665. The fourth-order valence-corrected chi connectivity index (χ4v) is 3.00. The smallest absolute Gasteiger partial charge is 0.277 e. The first kappa shape index (κ1) is 17.7. The molecule has 1 aromatic rings. The minimum Gasteiger partial charge on any atom is -0.336 e. The number of carbonyl (C=O) groups excluding carboxylic acids is 1. The number of hydrogen-bond acceptors (Lipinski definition) is 8. The number of benzene rings is 1. The summed E-state index contributed by atoms with van der Waals surface area (Å²) in [7, 11) is -3.67. The summed E-state index contributed by atoms with van der Waals surface area (Å²) in [4.78, 5) is 33.7. The van der Waals surface area contributed by atoms with Gasteiger partial charge in [-0.2, -0.15) is 8.42 Å². The summed E-state index contributed by atoms with van der Waals surface area (Å²) in [5, 5.41) is 21.7. The lowest BCUT2D eigenvalue weighted by atomic mass is 10.1. The second-order valence-electron chi connectivity index (χ2n) is 5.21. The SMILES string of the molecule is CS(=O)(=O)O[C@@H]1CCN(C(=O)c2cc([N+](=O)[O-])cc([N+](=O)[O-])c2)C1. The molecule has 0 bridgehead atoms. The molecule has 1 saturated heterocycles. The van der Waals surface area contributed by atoms with E-state index in [4.69, 9.17) is 4.18 Å². The molecule has 0 saturated carbocycles. The number of nitro groups is 2. The molecular weight excluding hydrogens is 346 g/mol. The van der Waals surface area contributed by atoms with Crippen molar-refractivity contribution in [2.45, 2.75) is 12.5 Å². The van der Waals surface area contributed by atoms with E-state index in [0.29, 0.717) is 0 Å². The molecule has 0 aliphatic carbocycles. The zero-order chi connectivity index (χ0) is 18.1. The predicted molar refractivity (Wildman–Crippen MR) is 80.0 cm³/mol. The molecule has 0 unspecified atom stereocenters. The molecule has 12 heteroatoms. The largest absolute Gasteiger partial charge is 0.336 e. The normalized spacial score (nSPS) is 17.7. The maximum atomic E-state index is 12.4. The highest BCUT2D eigenvalue weighted by Crippen LogP contribution is 2.25. The van der Waals surface area contributed by atoms with Crippen LogP contribution in [-0.4, -0.2) is 54.5 Å². The van der Waals surface area contributed by atoms with E-state index in [0.717, 1.165) is 24.5 Å². The molecule has 0 aromatic heterocycles. The average molecular weight is 359 g/mol. The highest BCUT2D eigenvalue weighted by molar-refractivity contribution is 7.86. The number of nitrogens with zero attached hydrogens (tertiary/aromatic N) is 3. The lowest BCUT2D eigenvalue weighted by Gasteiger charge is -2.16. The van der Waals surface area contributed by atoms with Gasteiger partial charge in [0, 0.05) is 25.2 Å². The number of likely N-dealkylation sites (tertiary alicyclic amines) is 1. The van der Waals surface area contributed by atoms with Crippen molar-refractivity contribution in [1.82, 2.24) is 4.90 Å². The second-order valence-corrected chi connectivity index (χ2v) is 6.82. The Morgan fingerprint density at radius 1 is 1.21 bits per heavy atom. The van der Waals surface area contributed by atoms with Gasteiger partial charge in [0.2, 0.25) is 0 Å². The van der Waals surface area contributed by atoms with Gasteiger partial charge in [0.1, 0.15) is 0 Å². The number of non-ortho nitro benzene ring substituents is 2. The van der Waals surface area contributed by atoms with Crippen LogP contribution in [0.5, 0.6) is 0 Å². The van der Waals surface area contributed by atoms with Gasteiger partial charge in [-0.25, -0.2) is 0 Å². The van der Waals surface area contributed by atoms with Crippen LogP contribution in [0.15, 0.2) is 18.2 Å². The Kier molecular flexibility index (Phi) is 4.80. The third kappa shape index (κ3) is 4.23. The summed E-state index contributed by atoms with van der Waals surface area (Å²) < 4.78 is 27.0. The number of carbonyl (C=O) groups is 1. The molecule has 1 amide bonds. The van der Waals surface area contributed by atoms with Crippen LogP contribution in [0.3, 0.4) is 0 Å². The topological polar surface area (TPSA) is 150 Å². The Morgan fingerprint density at radius 3 is 2.21 bits per heavy atom. The fourth-order valence-electron chi connectivity index (χ4n) is 2.35. The first-order valence-corrected chi connectivity index (χ1v) is 8.50. The second kappa shape index (κ2) is 6.49. The molecule has 1 fully saturated rings. The molecule has 0 radical (unpaired) electrons. The van der Waals surface area contributed by atoms with Crippen LogP contribution in [0, 0.1) is 20.2 Å². The van der Waals surface area contributed by atoms with Crippen molar-refractivity contribution >= 4 is 27.4 Å². The van der Waals surface area contributed by atoms with Crippen LogP contribution >= 0.6 is 0 Å². The molecule has 0 spiro atoms. The quantitative estimate of drug-likeness (QED) is 0.423. The van der Waals surface area contributed by atoms with Gasteiger partial charge in [0.25, 0.3) is 27.4 Å². The van der Waals surface area contributed by atoms with Gasteiger partial charge in [-0.05, 0) is 6.42 Å². The van der Waals surface area contributed by atoms with Crippen LogP contribution in [0.4, 0.5) is 11.4 Å². The summed E-state index contributed by atoms with van der Waals surface area (Å²) in [5.41, 5.74) is -1.36. The summed E-state index contributed by atoms with van der Waals surface area (Å²) in [6, 6.07) is 2.65. The molecular formula is C12H13N3O8S. The van der Waals surface area contributed by atoms with E-state index in [1.54, 1.807) is 0 Å². The average Bonchev–Trinajstić information content (AvgIpc) is 2.92. The molecule has 0 N–H and O–H groups in total. The molecule has 1 heterocycles. The molecule has 1 aliphatic heterocycles. The Balaban J connectivity index is 2.24. The molecule has 1 atom stereocenters. The maximum Gasteiger partial charge on any atom is 0.277 e. The van der Waals surface area contributed by atoms with Crippen molar-refractivity contribution in [2.75, 3.05) is 19.3 Å². The van der Waals surface area contributed by atoms with Gasteiger partial charge in [0.05, 0.1) is 33.8 Å². The molecule has 1 aliphatic rings. The Bertz CT molecular complexity index is 774. The van der Waals surface area contributed by atoms with Crippen molar-refractivity contribution in [2.24, 2.45) is 0 Å². The van der Waals surface area contributed by atoms with Gasteiger partial charge in [-0.15, -0.1) is 0 Å². The highest BCUT2D eigenvalue weighted by Gasteiger charge is 2.31. The first-order valence-electron chi connectivity index (χ1n) is 6.68. The van der Waals surface area contributed by atoms with Gasteiger partial charge in [0.15, 0.2) is 0 Å². The van der Waals surface area contributed by atoms with E-state index in [2.05, 4.69) is 0 Å². The fraction of sp³-hybridized carbons (Fsp3) is 0.417. The Morgan fingerprint density at radius 2 is 1.75 bits per heavy atom. The monoisotopic (exact) mass is 359 g/mol. The van der Waals surface area contributed by atoms with Crippen molar-refractivity contribution < 1.29 is 27.2 Å². The van der Waals surface area contributed by atoms with E-state index < -0.39 is 43.4 Å². The third-order valence-electron chi connectivity index (χ3n) is 3.31. The van der Waals surface area contributed by atoms with Crippen LogP contribution in [0.2, 0.25) is 0 Å².